The average molecular weight is 526 g/mol. The molecule has 1 saturated carbocycles. The molecule has 1 fully saturated rings. The molecule has 198 valence electrons. The molecule has 10 nitrogen and oxygen atoms in total. The number of nitriles is 1. The molecule has 0 radical (unpaired) electrons. The van der Waals surface area contributed by atoms with Crippen LogP contribution in [0.4, 0.5) is 30.6 Å². The van der Waals surface area contributed by atoms with Crippen molar-refractivity contribution < 1.29 is 18.0 Å². The van der Waals surface area contributed by atoms with Crippen LogP contribution < -0.4 is 22.1 Å². The van der Waals surface area contributed by atoms with Crippen LogP contribution in [-0.2, 0) is 6.18 Å². The quantitative estimate of drug-likeness (QED) is 0.179. The summed E-state index contributed by atoms with van der Waals surface area (Å²) in [5, 5.41) is 21.5. The number of hydrogen-bond donors (Lipinski definition) is 5. The first-order chi connectivity index (χ1) is 18.1. The van der Waals surface area contributed by atoms with E-state index in [0.717, 1.165) is 44.0 Å². The van der Waals surface area contributed by atoms with Crippen molar-refractivity contribution in [3.05, 3.63) is 71.2 Å². The molecular formula is C25H26F3N9O. The number of aromatic nitrogens is 3. The third-order valence-electron chi connectivity index (χ3n) is 5.84. The molecule has 2 heterocycles. The number of carbonyl (C=O) groups excluding carboxylic acids is 1. The zero-order chi connectivity index (χ0) is 27.7. The fourth-order valence-corrected chi connectivity index (χ4v) is 3.99. The lowest BCUT2D eigenvalue weighted by Crippen LogP contribution is -2.25. The highest BCUT2D eigenvalue weighted by Crippen LogP contribution is 2.30. The lowest BCUT2D eigenvalue weighted by atomic mass is 9.95. The van der Waals surface area contributed by atoms with Gasteiger partial charge < -0.3 is 22.1 Å². The summed E-state index contributed by atoms with van der Waals surface area (Å²) in [6.07, 6.45) is 4.53. The topological polar surface area (TPSA) is 179 Å². The Morgan fingerprint density at radius 2 is 1.68 bits per heavy atom. The van der Waals surface area contributed by atoms with Crippen molar-refractivity contribution in [2.75, 3.05) is 16.4 Å². The summed E-state index contributed by atoms with van der Waals surface area (Å²) in [6.45, 7) is 0. The number of nitrogens with zero attached hydrogens (tertiary/aromatic N) is 4. The maximum absolute atomic E-state index is 12.9. The van der Waals surface area contributed by atoms with Crippen LogP contribution in [0.1, 0.15) is 59.2 Å². The predicted molar refractivity (Wildman–Crippen MR) is 136 cm³/mol. The Bertz CT molecular complexity index is 1310. The molecule has 1 aromatic carbocycles. The van der Waals surface area contributed by atoms with Crippen LogP contribution in [0.15, 0.2) is 48.9 Å². The minimum Gasteiger partial charge on any atom is -0.383 e. The van der Waals surface area contributed by atoms with Crippen LogP contribution in [0.2, 0.25) is 0 Å². The molecule has 3 aromatic rings. The number of halogens is 3. The number of nitrogens with two attached hydrogens (primary N) is 2. The average Bonchev–Trinajstić information content (AvgIpc) is 2.89. The van der Waals surface area contributed by atoms with E-state index in [-0.39, 0.29) is 29.0 Å². The molecule has 7 N–H and O–H groups in total. The van der Waals surface area contributed by atoms with Gasteiger partial charge in [-0.2, -0.15) is 18.4 Å². The molecule has 1 aliphatic rings. The molecule has 1 aliphatic carbocycles. The zero-order valence-corrected chi connectivity index (χ0v) is 20.2. The number of hydrogen-bond acceptors (Lipinski definition) is 9. The van der Waals surface area contributed by atoms with Gasteiger partial charge in [-0.15, -0.1) is 0 Å². The van der Waals surface area contributed by atoms with Gasteiger partial charge in [0.15, 0.2) is 6.19 Å². The van der Waals surface area contributed by atoms with Gasteiger partial charge in [0.25, 0.3) is 5.91 Å². The molecule has 4 rings (SSSR count). The van der Waals surface area contributed by atoms with Crippen molar-refractivity contribution in [2.45, 2.75) is 44.3 Å². The summed E-state index contributed by atoms with van der Waals surface area (Å²) in [4.78, 5) is 24.6. The van der Waals surface area contributed by atoms with Gasteiger partial charge in [0.1, 0.15) is 23.8 Å². The normalized spacial score (nSPS) is 13.4. The van der Waals surface area contributed by atoms with Crippen LogP contribution in [-0.4, -0.2) is 32.6 Å². The maximum atomic E-state index is 12.9. The minimum atomic E-state index is -4.54. The first kappa shape index (κ1) is 27.9. The largest absolute Gasteiger partial charge is 0.416 e. The summed E-state index contributed by atoms with van der Waals surface area (Å²) in [6, 6.07) is 7.91. The molecule has 2 aromatic heterocycles. The number of nitrogen functional groups attached to an aromatic ring is 1. The number of benzene rings is 1. The zero-order valence-electron chi connectivity index (χ0n) is 20.2. The summed E-state index contributed by atoms with van der Waals surface area (Å²) in [5.74, 6) is -0.181. The van der Waals surface area contributed by atoms with Crippen LogP contribution in [0, 0.1) is 16.9 Å². The van der Waals surface area contributed by atoms with Crippen LogP contribution in [0.5, 0.6) is 0 Å². The number of amides is 1. The summed E-state index contributed by atoms with van der Waals surface area (Å²) < 4.78 is 38.7. The van der Waals surface area contributed by atoms with Crippen LogP contribution >= 0.6 is 0 Å². The van der Waals surface area contributed by atoms with Crippen molar-refractivity contribution in [2.24, 2.45) is 5.73 Å². The predicted octanol–water partition coefficient (Wildman–Crippen LogP) is 4.31. The smallest absolute Gasteiger partial charge is 0.383 e. The highest BCUT2D eigenvalue weighted by molar-refractivity contribution is 6.16. The molecule has 0 spiro atoms. The van der Waals surface area contributed by atoms with Crippen molar-refractivity contribution in [3.8, 4) is 6.19 Å². The van der Waals surface area contributed by atoms with E-state index in [0.29, 0.717) is 16.9 Å². The summed E-state index contributed by atoms with van der Waals surface area (Å²) >= 11 is 0. The Kier molecular flexibility index (Phi) is 9.15. The molecule has 38 heavy (non-hydrogen) atoms. The number of nitrogens with one attached hydrogen (secondary N) is 3. The van der Waals surface area contributed by atoms with E-state index in [1.54, 1.807) is 12.1 Å². The lowest BCUT2D eigenvalue weighted by Gasteiger charge is -2.24. The molecule has 0 atom stereocenters. The summed E-state index contributed by atoms with van der Waals surface area (Å²) in [5.41, 5.74) is 10.5. The highest BCUT2D eigenvalue weighted by Gasteiger charge is 2.31. The van der Waals surface area contributed by atoms with Crippen LogP contribution in [0.25, 0.3) is 0 Å². The van der Waals surface area contributed by atoms with Crippen LogP contribution in [0.3, 0.4) is 0 Å². The third kappa shape index (κ3) is 7.16. The molecular weight excluding hydrogens is 499 g/mol. The van der Waals surface area contributed by atoms with Crippen molar-refractivity contribution in [1.29, 1.82) is 10.7 Å². The van der Waals surface area contributed by atoms with E-state index in [1.807, 2.05) is 0 Å². The van der Waals surface area contributed by atoms with E-state index in [9.17, 15) is 18.0 Å². The minimum absolute atomic E-state index is 0.0907. The fourth-order valence-electron chi connectivity index (χ4n) is 3.99. The SMILES string of the molecule is N#CN.N=C(c1ccc(C(=O)Nc2cc(C(F)(F)F)ccn2)cc1)c1c(N)ncnc1NC1CCCCC1. The Morgan fingerprint density at radius 3 is 2.32 bits per heavy atom. The molecule has 13 heteroatoms. The number of alkyl halides is 3. The van der Waals surface area contributed by atoms with Gasteiger partial charge in [-0.3, -0.25) is 10.2 Å². The van der Waals surface area contributed by atoms with Gasteiger partial charge in [-0.05, 0) is 37.1 Å². The number of anilines is 3. The highest BCUT2D eigenvalue weighted by atomic mass is 19.4. The molecule has 0 saturated heterocycles. The maximum Gasteiger partial charge on any atom is 0.416 e. The first-order valence-electron chi connectivity index (χ1n) is 11.6. The number of pyridine rings is 1. The monoisotopic (exact) mass is 525 g/mol. The summed E-state index contributed by atoms with van der Waals surface area (Å²) in [7, 11) is 0. The van der Waals surface area contributed by atoms with Gasteiger partial charge in [0.2, 0.25) is 0 Å². The Balaban J connectivity index is 0.00000127. The Labute approximate surface area is 216 Å². The second-order valence-corrected chi connectivity index (χ2v) is 8.42. The Morgan fingerprint density at radius 1 is 1.05 bits per heavy atom. The van der Waals surface area contributed by atoms with E-state index < -0.39 is 17.6 Å². The van der Waals surface area contributed by atoms with Crippen molar-refractivity contribution in [1.82, 2.24) is 15.0 Å². The lowest BCUT2D eigenvalue weighted by molar-refractivity contribution is -0.137. The molecule has 0 bridgehead atoms. The van der Waals surface area contributed by atoms with Gasteiger partial charge in [0.05, 0.1) is 16.8 Å². The van der Waals surface area contributed by atoms with E-state index >= 15 is 0 Å². The number of rotatable bonds is 6. The van der Waals surface area contributed by atoms with E-state index in [1.165, 1.54) is 31.1 Å². The van der Waals surface area contributed by atoms with E-state index in [4.69, 9.17) is 16.4 Å². The molecule has 0 unspecified atom stereocenters. The van der Waals surface area contributed by atoms with Gasteiger partial charge >= 0.3 is 6.18 Å². The van der Waals surface area contributed by atoms with Gasteiger partial charge in [-0.25, -0.2) is 15.0 Å². The third-order valence-corrected chi connectivity index (χ3v) is 5.84. The second-order valence-electron chi connectivity index (χ2n) is 8.42. The van der Waals surface area contributed by atoms with Gasteiger partial charge in [-0.1, -0.05) is 31.4 Å². The van der Waals surface area contributed by atoms with Crippen molar-refractivity contribution in [3.63, 3.8) is 0 Å². The fraction of sp³-hybridized carbons (Fsp3) is 0.280. The number of carbonyl (C=O) groups is 1. The second kappa shape index (κ2) is 12.5. The molecule has 1 amide bonds. The van der Waals surface area contributed by atoms with Gasteiger partial charge in [0, 0.05) is 23.4 Å². The first-order valence-corrected chi connectivity index (χ1v) is 11.6. The Hall–Kier alpha value is -4.73. The standard InChI is InChI=1S/C24H24F3N7O.CH2N2/c25-24(26,27)16-10-11-30-18(12-16)34-23(35)15-8-6-14(7-9-15)20(28)19-21(29)31-13-32-22(19)33-17-4-2-1-3-5-17;2-1-3/h6-13,17,28H,1-5H2,(H,30,34,35)(H3,29,31,32,33);2H2. The van der Waals surface area contributed by atoms with E-state index in [2.05, 4.69) is 31.3 Å². The molecule has 0 aliphatic heterocycles. The van der Waals surface area contributed by atoms with Crippen molar-refractivity contribution >= 4 is 29.1 Å².